The molecular weight excluding hydrogens is 436 g/mol. The Morgan fingerprint density at radius 3 is 2.56 bits per heavy atom. The van der Waals surface area contributed by atoms with Crippen LogP contribution in [0.2, 0.25) is 0 Å². The SMILES string of the molecule is COc1ccc(Oc2cnc(C(=O)N3CC[C@H](c4nnc(N)cc4C)CC3C)cc2OC)cn1. The number of anilines is 1. The molecule has 3 aromatic heterocycles. The minimum atomic E-state index is -0.151. The van der Waals surface area contributed by atoms with Crippen LogP contribution in [0.1, 0.15) is 47.4 Å². The molecule has 178 valence electrons. The van der Waals surface area contributed by atoms with Crippen molar-refractivity contribution in [2.75, 3.05) is 26.5 Å². The lowest BCUT2D eigenvalue weighted by Crippen LogP contribution is -2.44. The number of rotatable bonds is 6. The fraction of sp³-hybridized carbons (Fsp3) is 0.375. The van der Waals surface area contributed by atoms with Gasteiger partial charge in [0, 0.05) is 30.6 Å². The van der Waals surface area contributed by atoms with Crippen LogP contribution < -0.4 is 19.9 Å². The summed E-state index contributed by atoms with van der Waals surface area (Å²) < 4.78 is 16.3. The molecule has 1 unspecified atom stereocenters. The average Bonchev–Trinajstić information content (AvgIpc) is 2.84. The van der Waals surface area contributed by atoms with E-state index < -0.39 is 0 Å². The van der Waals surface area contributed by atoms with Crippen LogP contribution in [0.25, 0.3) is 0 Å². The predicted molar refractivity (Wildman–Crippen MR) is 125 cm³/mol. The monoisotopic (exact) mass is 464 g/mol. The van der Waals surface area contributed by atoms with Crippen LogP contribution >= 0.6 is 0 Å². The highest BCUT2D eigenvalue weighted by atomic mass is 16.5. The molecule has 0 bridgehead atoms. The number of nitrogen functional groups attached to an aromatic ring is 1. The zero-order chi connectivity index (χ0) is 24.2. The number of likely N-dealkylation sites (tertiary alicyclic amines) is 1. The van der Waals surface area contributed by atoms with Gasteiger partial charge in [-0.3, -0.25) is 4.79 Å². The van der Waals surface area contributed by atoms with Gasteiger partial charge in [-0.15, -0.1) is 5.10 Å². The molecule has 1 amide bonds. The number of aromatic nitrogens is 4. The van der Waals surface area contributed by atoms with Crippen molar-refractivity contribution in [3.8, 4) is 23.1 Å². The molecule has 0 radical (unpaired) electrons. The van der Waals surface area contributed by atoms with Gasteiger partial charge in [0.25, 0.3) is 5.91 Å². The van der Waals surface area contributed by atoms with E-state index in [1.807, 2.05) is 24.8 Å². The lowest BCUT2D eigenvalue weighted by atomic mass is 9.87. The molecule has 3 aromatic rings. The molecule has 0 aliphatic carbocycles. The predicted octanol–water partition coefficient (Wildman–Crippen LogP) is 3.38. The molecule has 0 aromatic carbocycles. The second kappa shape index (κ2) is 9.90. The first kappa shape index (κ1) is 23.2. The minimum Gasteiger partial charge on any atom is -0.493 e. The summed E-state index contributed by atoms with van der Waals surface area (Å²) in [4.78, 5) is 23.6. The summed E-state index contributed by atoms with van der Waals surface area (Å²) in [5, 5.41) is 8.32. The van der Waals surface area contributed by atoms with Crippen molar-refractivity contribution in [1.82, 2.24) is 25.1 Å². The Bertz CT molecular complexity index is 1170. The second-order valence-corrected chi connectivity index (χ2v) is 8.27. The van der Waals surface area contributed by atoms with Crippen LogP contribution in [0.4, 0.5) is 5.82 Å². The highest BCUT2D eigenvalue weighted by molar-refractivity contribution is 5.93. The molecule has 0 saturated carbocycles. The van der Waals surface area contributed by atoms with Gasteiger partial charge in [0.2, 0.25) is 5.88 Å². The van der Waals surface area contributed by atoms with Crippen molar-refractivity contribution in [1.29, 1.82) is 0 Å². The maximum atomic E-state index is 13.3. The van der Waals surface area contributed by atoms with E-state index in [1.54, 1.807) is 25.3 Å². The number of hydrogen-bond acceptors (Lipinski definition) is 9. The number of aryl methyl sites for hydroxylation is 1. The van der Waals surface area contributed by atoms with E-state index in [4.69, 9.17) is 19.9 Å². The summed E-state index contributed by atoms with van der Waals surface area (Å²) in [6.45, 7) is 4.62. The normalized spacial score (nSPS) is 17.8. The summed E-state index contributed by atoms with van der Waals surface area (Å²) in [6.07, 6.45) is 4.60. The molecule has 1 saturated heterocycles. The number of carbonyl (C=O) groups excluding carboxylic acids is 1. The van der Waals surface area contributed by atoms with Crippen molar-refractivity contribution in [3.63, 3.8) is 0 Å². The van der Waals surface area contributed by atoms with Crippen molar-refractivity contribution < 1.29 is 19.0 Å². The van der Waals surface area contributed by atoms with E-state index in [0.29, 0.717) is 41.2 Å². The Hall–Kier alpha value is -3.95. The van der Waals surface area contributed by atoms with E-state index in [-0.39, 0.29) is 17.9 Å². The van der Waals surface area contributed by atoms with Gasteiger partial charge in [0.1, 0.15) is 17.3 Å². The average molecular weight is 465 g/mol. The van der Waals surface area contributed by atoms with Gasteiger partial charge in [-0.05, 0) is 44.4 Å². The van der Waals surface area contributed by atoms with Crippen LogP contribution in [0, 0.1) is 6.92 Å². The highest BCUT2D eigenvalue weighted by Gasteiger charge is 2.32. The molecule has 1 aliphatic rings. The molecule has 0 spiro atoms. The number of methoxy groups -OCH3 is 2. The number of hydrogen-bond donors (Lipinski definition) is 1. The summed E-state index contributed by atoms with van der Waals surface area (Å²) in [7, 11) is 3.06. The van der Waals surface area contributed by atoms with Crippen molar-refractivity contribution >= 4 is 11.7 Å². The molecule has 2 atom stereocenters. The fourth-order valence-electron chi connectivity index (χ4n) is 4.24. The Balaban J connectivity index is 1.47. The van der Waals surface area contributed by atoms with E-state index in [0.717, 1.165) is 24.1 Å². The summed E-state index contributed by atoms with van der Waals surface area (Å²) >= 11 is 0. The molecule has 1 aliphatic heterocycles. The van der Waals surface area contributed by atoms with Crippen LogP contribution in [-0.2, 0) is 0 Å². The topological polar surface area (TPSA) is 126 Å². The maximum Gasteiger partial charge on any atom is 0.272 e. The van der Waals surface area contributed by atoms with Crippen molar-refractivity contribution in [3.05, 3.63) is 53.6 Å². The number of piperidine rings is 1. The Morgan fingerprint density at radius 1 is 1.09 bits per heavy atom. The van der Waals surface area contributed by atoms with Gasteiger partial charge in [0.15, 0.2) is 11.5 Å². The molecule has 34 heavy (non-hydrogen) atoms. The van der Waals surface area contributed by atoms with E-state index in [9.17, 15) is 4.79 Å². The van der Waals surface area contributed by atoms with Gasteiger partial charge in [-0.2, -0.15) is 5.10 Å². The number of pyridine rings is 2. The van der Waals surface area contributed by atoms with Crippen LogP contribution in [0.3, 0.4) is 0 Å². The van der Waals surface area contributed by atoms with Gasteiger partial charge >= 0.3 is 0 Å². The van der Waals surface area contributed by atoms with Crippen LogP contribution in [0.15, 0.2) is 36.7 Å². The zero-order valence-electron chi connectivity index (χ0n) is 19.7. The Labute approximate surface area is 198 Å². The van der Waals surface area contributed by atoms with Gasteiger partial charge in [-0.25, -0.2) is 9.97 Å². The molecule has 4 rings (SSSR count). The summed E-state index contributed by atoms with van der Waals surface area (Å²) in [5.74, 6) is 2.26. The Morgan fingerprint density at radius 2 is 1.91 bits per heavy atom. The lowest BCUT2D eigenvalue weighted by molar-refractivity contribution is 0.0607. The number of ether oxygens (including phenoxy) is 3. The third kappa shape index (κ3) is 4.85. The fourth-order valence-corrected chi connectivity index (χ4v) is 4.24. The van der Waals surface area contributed by atoms with E-state index >= 15 is 0 Å². The van der Waals surface area contributed by atoms with Gasteiger partial charge in [0.05, 0.1) is 32.3 Å². The summed E-state index contributed by atoms with van der Waals surface area (Å²) in [6, 6.07) is 6.87. The highest BCUT2D eigenvalue weighted by Crippen LogP contribution is 2.35. The van der Waals surface area contributed by atoms with Crippen molar-refractivity contribution in [2.45, 2.75) is 38.6 Å². The molecule has 10 heteroatoms. The first-order chi connectivity index (χ1) is 16.4. The van der Waals surface area contributed by atoms with Crippen molar-refractivity contribution in [2.24, 2.45) is 0 Å². The van der Waals surface area contributed by atoms with E-state index in [1.165, 1.54) is 19.5 Å². The first-order valence-corrected chi connectivity index (χ1v) is 11.0. The molecular formula is C24H28N6O4. The number of amides is 1. The van der Waals surface area contributed by atoms with Gasteiger partial charge in [-0.1, -0.05) is 0 Å². The maximum absolute atomic E-state index is 13.3. The third-order valence-corrected chi connectivity index (χ3v) is 5.98. The smallest absolute Gasteiger partial charge is 0.272 e. The van der Waals surface area contributed by atoms with Crippen LogP contribution in [-0.4, -0.2) is 57.8 Å². The lowest BCUT2D eigenvalue weighted by Gasteiger charge is -2.37. The molecule has 4 heterocycles. The third-order valence-electron chi connectivity index (χ3n) is 5.98. The molecule has 1 fully saturated rings. The Kier molecular flexibility index (Phi) is 6.76. The van der Waals surface area contributed by atoms with Crippen LogP contribution in [0.5, 0.6) is 23.1 Å². The quantitative estimate of drug-likeness (QED) is 0.584. The van der Waals surface area contributed by atoms with E-state index in [2.05, 4.69) is 20.2 Å². The number of nitrogens with zero attached hydrogens (tertiary/aromatic N) is 5. The summed E-state index contributed by atoms with van der Waals surface area (Å²) in [5.41, 5.74) is 8.01. The molecule has 10 nitrogen and oxygen atoms in total. The number of carbonyl (C=O) groups is 1. The standard InChI is InChI=1S/C24H28N6O4/c1-14-9-21(25)28-29-23(14)16-7-8-30(15(2)10-16)24(31)18-11-19(32-3)20(13-26-18)34-17-5-6-22(33-4)27-12-17/h5-6,9,11-13,15-16H,7-8,10H2,1-4H3,(H2,25,28)/t15?,16-/m0/s1. The van der Waals surface area contributed by atoms with Gasteiger partial charge < -0.3 is 24.8 Å². The first-order valence-electron chi connectivity index (χ1n) is 11.0. The zero-order valence-corrected chi connectivity index (χ0v) is 19.7. The second-order valence-electron chi connectivity index (χ2n) is 8.27. The minimum absolute atomic E-state index is 0.0131. The number of nitrogens with two attached hydrogens (primary N) is 1. The largest absolute Gasteiger partial charge is 0.493 e. The molecule has 2 N–H and O–H groups in total.